The molecule has 2 rings (SSSR count). The summed E-state index contributed by atoms with van der Waals surface area (Å²) in [6.45, 7) is 1.42. The second-order valence-electron chi connectivity index (χ2n) is 4.99. The monoisotopic (exact) mass is 339 g/mol. The molecule has 1 aliphatic heterocycles. The lowest BCUT2D eigenvalue weighted by molar-refractivity contribution is -0.140. The van der Waals surface area contributed by atoms with E-state index in [9.17, 15) is 14.0 Å². The van der Waals surface area contributed by atoms with Crippen molar-refractivity contribution in [3.63, 3.8) is 0 Å². The molecular formula is C16H18FNO6. The van der Waals surface area contributed by atoms with E-state index in [4.69, 9.17) is 14.2 Å². The highest BCUT2D eigenvalue weighted by molar-refractivity contribution is 6.03. The molecule has 1 heterocycles. The molecule has 0 atom stereocenters. The topological polar surface area (TPSA) is 74.3 Å². The molecule has 0 unspecified atom stereocenters. The lowest BCUT2D eigenvalue weighted by Crippen LogP contribution is -2.39. The van der Waals surface area contributed by atoms with Gasteiger partial charge in [0.2, 0.25) is 0 Å². The Kier molecular flexibility index (Phi) is 5.40. The maximum Gasteiger partial charge on any atom is 0.355 e. The molecular weight excluding hydrogens is 321 g/mol. The molecule has 7 nitrogen and oxygen atoms in total. The van der Waals surface area contributed by atoms with Gasteiger partial charge in [0, 0.05) is 6.07 Å². The second-order valence-corrected chi connectivity index (χ2v) is 4.99. The Balaban J connectivity index is 2.63. The fourth-order valence-corrected chi connectivity index (χ4v) is 2.40. The summed E-state index contributed by atoms with van der Waals surface area (Å²) < 4.78 is 34.4. The minimum atomic E-state index is -0.794. The summed E-state index contributed by atoms with van der Waals surface area (Å²) in [6, 6.07) is 2.70. The number of hydrogen-bond acceptors (Lipinski definition) is 7. The molecule has 0 spiro atoms. The van der Waals surface area contributed by atoms with E-state index < -0.39 is 17.8 Å². The fraction of sp³-hybridized carbons (Fsp3) is 0.375. The predicted molar refractivity (Wildman–Crippen MR) is 82.0 cm³/mol. The average molecular weight is 339 g/mol. The largest absolute Gasteiger partial charge is 0.496 e. The summed E-state index contributed by atoms with van der Waals surface area (Å²) in [5, 5.41) is 0. The number of benzene rings is 1. The molecule has 0 fully saturated rings. The third-order valence-electron chi connectivity index (χ3n) is 3.59. The van der Waals surface area contributed by atoms with Crippen LogP contribution in [0, 0.1) is 12.7 Å². The number of aryl methyl sites for hydroxylation is 1. The Bertz CT molecular complexity index is 700. The van der Waals surface area contributed by atoms with Crippen molar-refractivity contribution in [2.75, 3.05) is 39.6 Å². The number of halogens is 1. The number of ether oxygens (including phenoxy) is 4. The molecule has 0 aromatic heterocycles. The zero-order valence-corrected chi connectivity index (χ0v) is 13.8. The smallest absolute Gasteiger partial charge is 0.355 e. The normalized spacial score (nSPS) is 14.5. The van der Waals surface area contributed by atoms with Crippen LogP contribution in [0.2, 0.25) is 0 Å². The van der Waals surface area contributed by atoms with Crippen molar-refractivity contribution >= 4 is 17.6 Å². The minimum Gasteiger partial charge on any atom is -0.496 e. The van der Waals surface area contributed by atoms with Gasteiger partial charge in [0.05, 0.1) is 39.2 Å². The first-order valence-electron chi connectivity index (χ1n) is 7.03. The summed E-state index contributed by atoms with van der Waals surface area (Å²) in [5.41, 5.74) is 0.447. The number of carbonyl (C=O) groups is 2. The molecule has 0 saturated carbocycles. The Morgan fingerprint density at radius 1 is 1.17 bits per heavy atom. The number of nitrogens with zero attached hydrogens (tertiary/aromatic N) is 1. The van der Waals surface area contributed by atoms with Gasteiger partial charge in [0.15, 0.2) is 0 Å². The third kappa shape index (κ3) is 3.18. The number of esters is 2. The lowest BCUT2D eigenvalue weighted by Gasteiger charge is -2.31. The molecule has 1 aromatic rings. The first kappa shape index (κ1) is 17.7. The number of rotatable bonds is 4. The van der Waals surface area contributed by atoms with Crippen LogP contribution in [0.3, 0.4) is 0 Å². The molecule has 0 saturated heterocycles. The van der Waals surface area contributed by atoms with Crippen LogP contribution in [-0.2, 0) is 23.8 Å². The van der Waals surface area contributed by atoms with Crippen LogP contribution in [0.15, 0.2) is 23.4 Å². The maximum atomic E-state index is 14.5. The van der Waals surface area contributed by atoms with Crippen LogP contribution in [-0.4, -0.2) is 46.6 Å². The van der Waals surface area contributed by atoms with Crippen LogP contribution in [0.4, 0.5) is 10.1 Å². The van der Waals surface area contributed by atoms with E-state index in [0.717, 1.165) is 0 Å². The zero-order valence-electron chi connectivity index (χ0n) is 13.8. The van der Waals surface area contributed by atoms with Gasteiger partial charge in [-0.2, -0.15) is 0 Å². The molecule has 130 valence electrons. The van der Waals surface area contributed by atoms with Crippen molar-refractivity contribution in [2.24, 2.45) is 0 Å². The van der Waals surface area contributed by atoms with Gasteiger partial charge >= 0.3 is 11.9 Å². The van der Waals surface area contributed by atoms with Crippen molar-refractivity contribution in [2.45, 2.75) is 6.92 Å². The summed E-state index contributed by atoms with van der Waals surface area (Å²) in [5.74, 6) is -1.71. The predicted octanol–water partition coefficient (Wildman–Crippen LogP) is 1.54. The third-order valence-corrected chi connectivity index (χ3v) is 3.59. The average Bonchev–Trinajstić information content (AvgIpc) is 2.60. The first-order chi connectivity index (χ1) is 11.4. The van der Waals surface area contributed by atoms with Crippen molar-refractivity contribution in [1.82, 2.24) is 0 Å². The standard InChI is InChI=1S/C16H18FNO6/c1-9-5-11(17)12(6-13(9)21-2)18-8-24-7-10(15(19)22-3)14(18)16(20)23-4/h5-6H,7-8H2,1-4H3. The van der Waals surface area contributed by atoms with E-state index in [0.29, 0.717) is 11.3 Å². The Morgan fingerprint density at radius 2 is 1.83 bits per heavy atom. The number of carbonyl (C=O) groups excluding carboxylic acids is 2. The van der Waals surface area contributed by atoms with Crippen molar-refractivity contribution < 1.29 is 32.9 Å². The van der Waals surface area contributed by atoms with Gasteiger partial charge < -0.3 is 23.8 Å². The van der Waals surface area contributed by atoms with Crippen molar-refractivity contribution in [3.8, 4) is 5.75 Å². The first-order valence-corrected chi connectivity index (χ1v) is 7.03. The molecule has 8 heteroatoms. The van der Waals surface area contributed by atoms with Gasteiger partial charge in [-0.15, -0.1) is 0 Å². The highest BCUT2D eigenvalue weighted by Crippen LogP contribution is 2.33. The molecule has 24 heavy (non-hydrogen) atoms. The van der Waals surface area contributed by atoms with E-state index in [1.165, 1.54) is 38.4 Å². The number of methoxy groups -OCH3 is 3. The molecule has 0 bridgehead atoms. The van der Waals surface area contributed by atoms with Gasteiger partial charge in [-0.05, 0) is 18.6 Å². The van der Waals surface area contributed by atoms with Gasteiger partial charge in [-0.3, -0.25) is 0 Å². The molecule has 0 aliphatic carbocycles. The Labute approximate surface area is 138 Å². The number of anilines is 1. The van der Waals surface area contributed by atoms with Gasteiger partial charge in [0.1, 0.15) is 24.0 Å². The van der Waals surface area contributed by atoms with Crippen LogP contribution in [0.1, 0.15) is 5.56 Å². The van der Waals surface area contributed by atoms with Gasteiger partial charge in [0.25, 0.3) is 0 Å². The lowest BCUT2D eigenvalue weighted by atomic mass is 10.1. The Morgan fingerprint density at radius 3 is 2.42 bits per heavy atom. The highest BCUT2D eigenvalue weighted by atomic mass is 19.1. The van der Waals surface area contributed by atoms with Crippen LogP contribution >= 0.6 is 0 Å². The van der Waals surface area contributed by atoms with E-state index in [2.05, 4.69) is 4.74 Å². The second kappa shape index (κ2) is 7.31. The summed E-state index contributed by atoms with van der Waals surface area (Å²) >= 11 is 0. The molecule has 1 aliphatic rings. The summed E-state index contributed by atoms with van der Waals surface area (Å²) in [6.07, 6.45) is 0. The van der Waals surface area contributed by atoms with E-state index >= 15 is 0 Å². The van der Waals surface area contributed by atoms with Gasteiger partial charge in [-0.25, -0.2) is 14.0 Å². The SMILES string of the molecule is COC(=O)C1=C(C(=O)OC)N(c2cc(OC)c(C)cc2F)COC1. The summed E-state index contributed by atoms with van der Waals surface area (Å²) in [7, 11) is 3.80. The van der Waals surface area contributed by atoms with E-state index in [1.54, 1.807) is 6.92 Å². The maximum absolute atomic E-state index is 14.5. The summed E-state index contributed by atoms with van der Waals surface area (Å²) in [4.78, 5) is 25.3. The Hall–Kier alpha value is -2.61. The zero-order chi connectivity index (χ0) is 17.9. The quantitative estimate of drug-likeness (QED) is 0.770. The van der Waals surface area contributed by atoms with E-state index in [-0.39, 0.29) is 30.3 Å². The van der Waals surface area contributed by atoms with E-state index in [1.807, 2.05) is 0 Å². The van der Waals surface area contributed by atoms with Crippen molar-refractivity contribution in [3.05, 3.63) is 34.8 Å². The van der Waals surface area contributed by atoms with Crippen LogP contribution in [0.25, 0.3) is 0 Å². The van der Waals surface area contributed by atoms with Gasteiger partial charge in [-0.1, -0.05) is 0 Å². The molecule has 0 amide bonds. The fourth-order valence-electron chi connectivity index (χ4n) is 2.40. The van der Waals surface area contributed by atoms with Crippen LogP contribution in [0.5, 0.6) is 5.75 Å². The highest BCUT2D eigenvalue weighted by Gasteiger charge is 2.33. The molecule has 0 radical (unpaired) electrons. The van der Waals surface area contributed by atoms with Crippen molar-refractivity contribution in [1.29, 1.82) is 0 Å². The van der Waals surface area contributed by atoms with Crippen LogP contribution < -0.4 is 9.64 Å². The minimum absolute atomic E-state index is 0.0268. The molecule has 1 aromatic carbocycles. The molecule has 0 N–H and O–H groups in total. The number of hydrogen-bond donors (Lipinski definition) is 0.